The number of hydrogen-bond acceptors (Lipinski definition) is 1. The Balaban J connectivity index is 0.924. The van der Waals surface area contributed by atoms with E-state index >= 15 is 0 Å². The van der Waals surface area contributed by atoms with Crippen molar-refractivity contribution in [3.63, 3.8) is 0 Å². The molecule has 7 aromatic carbocycles. The van der Waals surface area contributed by atoms with E-state index in [2.05, 4.69) is 179 Å². The van der Waals surface area contributed by atoms with Crippen LogP contribution in [0.25, 0.3) is 49.7 Å². The number of para-hydroxylation sites is 3. The summed E-state index contributed by atoms with van der Waals surface area (Å²) < 4.78 is 2.39. The molecule has 0 aliphatic heterocycles. The number of benzene rings is 7. The lowest BCUT2D eigenvalue weighted by atomic mass is 9.43. The van der Waals surface area contributed by atoms with Crippen molar-refractivity contribution in [2.24, 2.45) is 23.7 Å². The standard InChI is InChI=1S/C52H42N2/c1-2-10-40(11-3-1)53(42-23-25-43(26-24-42)54-50-16-8-5-13-46(50)47-14-6-9-17-51(47)54)41-21-18-36(19-22-41)37-20-27-45-44-12-4-7-15-48(44)52(49(45)33-37)38-29-34-28-35(31-38)32-39(52)30-34/h1-27,33-35,38-39H,28-32H2. The zero-order valence-corrected chi connectivity index (χ0v) is 30.4. The minimum absolute atomic E-state index is 0.185. The summed E-state index contributed by atoms with van der Waals surface area (Å²) in [6.45, 7) is 0. The van der Waals surface area contributed by atoms with E-state index in [0.29, 0.717) is 0 Å². The summed E-state index contributed by atoms with van der Waals surface area (Å²) >= 11 is 0. The van der Waals surface area contributed by atoms with E-state index in [1.54, 1.807) is 11.1 Å². The molecule has 0 radical (unpaired) electrons. The summed E-state index contributed by atoms with van der Waals surface area (Å²) in [7, 11) is 0. The van der Waals surface area contributed by atoms with E-state index in [9.17, 15) is 0 Å². The van der Waals surface area contributed by atoms with Crippen LogP contribution in [0.2, 0.25) is 0 Å². The van der Waals surface area contributed by atoms with E-state index in [4.69, 9.17) is 0 Å². The van der Waals surface area contributed by atoms with Gasteiger partial charge in [0.1, 0.15) is 0 Å². The molecular weight excluding hydrogens is 653 g/mol. The molecule has 1 heterocycles. The van der Waals surface area contributed by atoms with Gasteiger partial charge in [-0.3, -0.25) is 0 Å². The topological polar surface area (TPSA) is 8.17 Å². The van der Waals surface area contributed by atoms with Crippen LogP contribution in [0.3, 0.4) is 0 Å². The van der Waals surface area contributed by atoms with Crippen molar-refractivity contribution in [2.45, 2.75) is 37.5 Å². The average molecular weight is 695 g/mol. The fraction of sp³-hybridized carbons (Fsp3) is 0.192. The van der Waals surface area contributed by atoms with Gasteiger partial charge in [-0.05, 0) is 156 Å². The SMILES string of the molecule is c1ccc(N(c2ccc(-c3ccc4c(c3)C3(c5ccccc5-4)C4CC5CC(C4)CC3C5)cc2)c2ccc(-n3c4ccccc4c4ccccc43)cc2)cc1. The molecule has 1 aromatic heterocycles. The molecule has 8 aromatic rings. The van der Waals surface area contributed by atoms with Gasteiger partial charge in [0.2, 0.25) is 0 Å². The summed E-state index contributed by atoms with van der Waals surface area (Å²) in [5.41, 5.74) is 16.1. The monoisotopic (exact) mass is 694 g/mol. The number of rotatable bonds is 5. The van der Waals surface area contributed by atoms with Crippen molar-refractivity contribution in [1.82, 2.24) is 4.57 Å². The first-order valence-corrected chi connectivity index (χ1v) is 20.0. The fourth-order valence-electron chi connectivity index (χ4n) is 12.1. The highest BCUT2D eigenvalue weighted by Gasteiger charge is 2.61. The van der Waals surface area contributed by atoms with Gasteiger partial charge >= 0.3 is 0 Å². The number of anilines is 3. The second-order valence-electron chi connectivity index (χ2n) is 16.6. The summed E-state index contributed by atoms with van der Waals surface area (Å²) in [6, 6.07) is 63.4. The molecule has 2 nitrogen and oxygen atoms in total. The molecule has 4 bridgehead atoms. The minimum Gasteiger partial charge on any atom is -0.311 e. The summed E-state index contributed by atoms with van der Waals surface area (Å²) in [5.74, 6) is 3.44. The molecule has 0 unspecified atom stereocenters. The molecule has 5 aliphatic carbocycles. The molecule has 0 amide bonds. The second-order valence-corrected chi connectivity index (χ2v) is 16.6. The number of nitrogens with zero attached hydrogens (tertiary/aromatic N) is 2. The third kappa shape index (κ3) is 4.28. The minimum atomic E-state index is 0.185. The van der Waals surface area contributed by atoms with Crippen LogP contribution in [-0.4, -0.2) is 4.57 Å². The van der Waals surface area contributed by atoms with Crippen LogP contribution in [0.5, 0.6) is 0 Å². The van der Waals surface area contributed by atoms with Crippen molar-refractivity contribution < 1.29 is 0 Å². The molecule has 0 saturated heterocycles. The van der Waals surface area contributed by atoms with Gasteiger partial charge < -0.3 is 9.47 Å². The van der Waals surface area contributed by atoms with E-state index in [0.717, 1.165) is 46.4 Å². The quantitative estimate of drug-likeness (QED) is 0.174. The molecule has 5 aliphatic rings. The Kier molecular flexibility index (Phi) is 6.55. The Morgan fingerprint density at radius 3 is 1.61 bits per heavy atom. The average Bonchev–Trinajstić information content (AvgIpc) is 3.71. The maximum Gasteiger partial charge on any atom is 0.0541 e. The van der Waals surface area contributed by atoms with Crippen molar-refractivity contribution in [2.75, 3.05) is 4.90 Å². The Hall–Kier alpha value is -5.86. The highest BCUT2D eigenvalue weighted by molar-refractivity contribution is 6.09. The van der Waals surface area contributed by atoms with E-state index in [1.807, 2.05) is 0 Å². The van der Waals surface area contributed by atoms with Crippen LogP contribution in [0.4, 0.5) is 17.1 Å². The molecule has 54 heavy (non-hydrogen) atoms. The predicted octanol–water partition coefficient (Wildman–Crippen LogP) is 13.6. The zero-order chi connectivity index (χ0) is 35.4. The van der Waals surface area contributed by atoms with Gasteiger partial charge in [0.25, 0.3) is 0 Å². The third-order valence-electron chi connectivity index (χ3n) is 14.0. The van der Waals surface area contributed by atoms with Gasteiger partial charge in [0, 0.05) is 38.9 Å². The molecule has 4 saturated carbocycles. The molecule has 260 valence electrons. The molecule has 0 atom stereocenters. The van der Waals surface area contributed by atoms with Gasteiger partial charge in [-0.2, -0.15) is 0 Å². The lowest BCUT2D eigenvalue weighted by molar-refractivity contribution is -0.0399. The summed E-state index contributed by atoms with van der Waals surface area (Å²) in [6.07, 6.45) is 7.13. The van der Waals surface area contributed by atoms with Crippen molar-refractivity contribution >= 4 is 38.9 Å². The van der Waals surface area contributed by atoms with Crippen molar-refractivity contribution in [1.29, 1.82) is 0 Å². The molecule has 1 spiro atoms. The Morgan fingerprint density at radius 2 is 0.944 bits per heavy atom. The maximum atomic E-state index is 2.61. The normalized spacial score (nSPS) is 23.3. The van der Waals surface area contributed by atoms with Gasteiger partial charge in [-0.25, -0.2) is 0 Å². The highest BCUT2D eigenvalue weighted by atomic mass is 15.1. The van der Waals surface area contributed by atoms with Crippen molar-refractivity contribution in [3.05, 3.63) is 181 Å². The lowest BCUT2D eigenvalue weighted by Crippen LogP contribution is -2.55. The Bertz CT molecular complexity index is 2640. The zero-order valence-electron chi connectivity index (χ0n) is 30.4. The number of aromatic nitrogens is 1. The van der Waals surface area contributed by atoms with Crippen LogP contribution < -0.4 is 4.90 Å². The molecular formula is C52H42N2. The van der Waals surface area contributed by atoms with Crippen LogP contribution in [0.15, 0.2) is 170 Å². The molecule has 13 rings (SSSR count). The van der Waals surface area contributed by atoms with Crippen LogP contribution >= 0.6 is 0 Å². The van der Waals surface area contributed by atoms with E-state index in [1.165, 1.54) is 76.2 Å². The Labute approximate surface area is 317 Å². The largest absolute Gasteiger partial charge is 0.311 e. The molecule has 0 N–H and O–H groups in total. The fourth-order valence-corrected chi connectivity index (χ4v) is 12.1. The van der Waals surface area contributed by atoms with Crippen LogP contribution in [-0.2, 0) is 5.41 Å². The number of hydrogen-bond donors (Lipinski definition) is 0. The predicted molar refractivity (Wildman–Crippen MR) is 224 cm³/mol. The maximum absolute atomic E-state index is 2.61. The second kappa shape index (κ2) is 11.6. The number of fused-ring (bicyclic) bond motifs is 6. The molecule has 4 fully saturated rings. The van der Waals surface area contributed by atoms with Gasteiger partial charge in [0.05, 0.1) is 11.0 Å². The highest BCUT2D eigenvalue weighted by Crippen LogP contribution is 2.69. The van der Waals surface area contributed by atoms with E-state index in [-0.39, 0.29) is 5.41 Å². The summed E-state index contributed by atoms with van der Waals surface area (Å²) in [5, 5.41) is 2.56. The smallest absolute Gasteiger partial charge is 0.0541 e. The summed E-state index contributed by atoms with van der Waals surface area (Å²) in [4.78, 5) is 2.38. The first-order valence-electron chi connectivity index (χ1n) is 20.0. The first kappa shape index (κ1) is 30.6. The van der Waals surface area contributed by atoms with Gasteiger partial charge in [0.15, 0.2) is 0 Å². The van der Waals surface area contributed by atoms with Crippen LogP contribution in [0.1, 0.15) is 43.2 Å². The van der Waals surface area contributed by atoms with Crippen LogP contribution in [0, 0.1) is 23.7 Å². The van der Waals surface area contributed by atoms with E-state index < -0.39 is 0 Å². The first-order chi connectivity index (χ1) is 26.7. The lowest BCUT2D eigenvalue weighted by Gasteiger charge is -2.61. The molecule has 2 heteroatoms. The Morgan fingerprint density at radius 1 is 0.426 bits per heavy atom. The van der Waals surface area contributed by atoms with Gasteiger partial charge in [-0.15, -0.1) is 0 Å². The van der Waals surface area contributed by atoms with Gasteiger partial charge in [-0.1, -0.05) is 103 Å². The van der Waals surface area contributed by atoms with Crippen molar-refractivity contribution in [3.8, 4) is 27.9 Å². The third-order valence-corrected chi connectivity index (χ3v) is 14.0.